The van der Waals surface area contributed by atoms with Crippen LogP contribution in [0.25, 0.3) is 10.9 Å². The molecule has 13 nitrogen and oxygen atoms in total. The molecular formula is C33H38N8O5. The number of carbonyl (C=O) groups is 2. The van der Waals surface area contributed by atoms with Crippen LogP contribution in [0.1, 0.15) is 36.8 Å². The van der Waals surface area contributed by atoms with Gasteiger partial charge in [-0.15, -0.1) is 0 Å². The molecule has 0 atom stereocenters. The van der Waals surface area contributed by atoms with Gasteiger partial charge in [0.1, 0.15) is 23.5 Å². The van der Waals surface area contributed by atoms with E-state index in [4.69, 9.17) is 24.2 Å². The summed E-state index contributed by atoms with van der Waals surface area (Å²) in [7, 11) is 0. The van der Waals surface area contributed by atoms with E-state index in [1.165, 1.54) is 0 Å². The molecule has 4 aromatic rings. The number of hydrogen-bond acceptors (Lipinski definition) is 12. The Morgan fingerprint density at radius 2 is 1.65 bits per heavy atom. The van der Waals surface area contributed by atoms with Gasteiger partial charge in [0, 0.05) is 50.9 Å². The van der Waals surface area contributed by atoms with Crippen LogP contribution < -0.4 is 15.1 Å². The Hall–Kier alpha value is -5.04. The first kappa shape index (κ1) is 31.0. The van der Waals surface area contributed by atoms with Crippen molar-refractivity contribution in [3.05, 3.63) is 72.2 Å². The number of pyridine rings is 2. The molecular weight excluding hydrogens is 588 g/mol. The van der Waals surface area contributed by atoms with Crippen LogP contribution in [0.4, 0.5) is 28.1 Å². The maximum Gasteiger partial charge on any atom is 0.410 e. The average molecular weight is 627 g/mol. The number of amides is 1. The van der Waals surface area contributed by atoms with Crippen molar-refractivity contribution in [2.75, 3.05) is 67.6 Å². The Bertz CT molecular complexity index is 1670. The summed E-state index contributed by atoms with van der Waals surface area (Å²) in [5.41, 5.74) is 2.22. The molecule has 1 N–H and O–H groups in total. The summed E-state index contributed by atoms with van der Waals surface area (Å²) in [6.07, 6.45) is 3.25. The van der Waals surface area contributed by atoms with Gasteiger partial charge >= 0.3 is 12.1 Å². The van der Waals surface area contributed by atoms with E-state index in [0.717, 1.165) is 11.1 Å². The first-order valence-corrected chi connectivity index (χ1v) is 15.4. The maximum atomic E-state index is 12.5. The molecule has 0 radical (unpaired) electrons. The van der Waals surface area contributed by atoms with Crippen LogP contribution in [-0.2, 0) is 20.8 Å². The minimum absolute atomic E-state index is 0.0212. The van der Waals surface area contributed by atoms with E-state index in [-0.39, 0.29) is 12.7 Å². The lowest BCUT2D eigenvalue weighted by Gasteiger charge is -2.36. The summed E-state index contributed by atoms with van der Waals surface area (Å²) in [4.78, 5) is 49.8. The summed E-state index contributed by atoms with van der Waals surface area (Å²) < 4.78 is 16.6. The van der Waals surface area contributed by atoms with Gasteiger partial charge in [0.15, 0.2) is 5.82 Å². The predicted octanol–water partition coefficient (Wildman–Crippen LogP) is 4.41. The summed E-state index contributed by atoms with van der Waals surface area (Å²) in [5.74, 6) is 1.26. The molecule has 2 aliphatic heterocycles. The number of anilines is 4. The fraction of sp³-hybridized carbons (Fsp3) is 0.394. The Morgan fingerprint density at radius 1 is 0.891 bits per heavy atom. The van der Waals surface area contributed by atoms with Gasteiger partial charge in [-0.05, 0) is 51.1 Å². The van der Waals surface area contributed by atoms with Crippen LogP contribution in [0.5, 0.6) is 0 Å². The standard InChI is InChI=1S/C33H38N8O5/c1-33(2,3)46-32(43)41-13-11-39(12-14-41)26-9-10-27(34-21-26)37-31-35-20-24-19-25(22-45-30(42)23-7-5-4-6-8-23)36-29(28(24)38-31)40-15-17-44-18-16-40/h4-10,19-21H,11-18,22H2,1-3H3,(H,34,35,37,38). The third kappa shape index (κ3) is 7.60. The molecule has 1 aromatic carbocycles. The van der Waals surface area contributed by atoms with E-state index >= 15 is 0 Å². The first-order chi connectivity index (χ1) is 22.2. The molecule has 0 aliphatic carbocycles. The van der Waals surface area contributed by atoms with E-state index in [1.807, 2.05) is 45.0 Å². The smallest absolute Gasteiger partial charge is 0.410 e. The number of esters is 1. The Morgan fingerprint density at radius 3 is 2.35 bits per heavy atom. The number of fused-ring (bicyclic) bond motifs is 1. The number of carbonyl (C=O) groups excluding carboxylic acids is 2. The van der Waals surface area contributed by atoms with E-state index in [0.29, 0.717) is 86.8 Å². The highest BCUT2D eigenvalue weighted by molar-refractivity contribution is 5.90. The SMILES string of the molecule is CC(C)(C)OC(=O)N1CCN(c2ccc(Nc3ncc4cc(COC(=O)c5ccccc5)nc(N5CCOCC5)c4n3)nc2)CC1. The van der Waals surface area contributed by atoms with Crippen molar-refractivity contribution in [1.29, 1.82) is 0 Å². The lowest BCUT2D eigenvalue weighted by molar-refractivity contribution is 0.0240. The number of ether oxygens (including phenoxy) is 3. The molecule has 2 aliphatic rings. The second kappa shape index (κ2) is 13.5. The van der Waals surface area contributed by atoms with Crippen LogP contribution >= 0.6 is 0 Å². The number of morpholine rings is 1. The monoisotopic (exact) mass is 626 g/mol. The molecule has 46 heavy (non-hydrogen) atoms. The predicted molar refractivity (Wildman–Crippen MR) is 173 cm³/mol. The van der Waals surface area contributed by atoms with Crippen molar-refractivity contribution in [3.8, 4) is 0 Å². The van der Waals surface area contributed by atoms with E-state index < -0.39 is 11.6 Å². The molecule has 0 unspecified atom stereocenters. The van der Waals surface area contributed by atoms with Gasteiger partial charge in [-0.25, -0.2) is 29.5 Å². The molecule has 3 aromatic heterocycles. The molecule has 1 amide bonds. The third-order valence-corrected chi connectivity index (χ3v) is 7.56. The number of hydrogen-bond donors (Lipinski definition) is 1. The highest BCUT2D eigenvalue weighted by Gasteiger charge is 2.26. The van der Waals surface area contributed by atoms with Crippen LogP contribution in [0.2, 0.25) is 0 Å². The number of benzene rings is 1. The maximum absolute atomic E-state index is 12.5. The molecule has 0 saturated carbocycles. The lowest BCUT2D eigenvalue weighted by Crippen LogP contribution is -2.50. The van der Waals surface area contributed by atoms with Crippen LogP contribution in [-0.4, -0.2) is 95.0 Å². The van der Waals surface area contributed by atoms with Gasteiger partial charge in [0.05, 0.1) is 36.4 Å². The fourth-order valence-corrected chi connectivity index (χ4v) is 5.24. The molecule has 0 bridgehead atoms. The molecule has 5 heterocycles. The minimum atomic E-state index is -0.515. The summed E-state index contributed by atoms with van der Waals surface area (Å²) >= 11 is 0. The van der Waals surface area contributed by atoms with E-state index in [2.05, 4.69) is 25.1 Å². The zero-order chi connectivity index (χ0) is 32.1. The van der Waals surface area contributed by atoms with Crippen molar-refractivity contribution in [2.24, 2.45) is 0 Å². The van der Waals surface area contributed by atoms with Gasteiger partial charge in [-0.2, -0.15) is 0 Å². The Labute approximate surface area is 267 Å². The highest BCUT2D eigenvalue weighted by atomic mass is 16.6. The molecule has 2 saturated heterocycles. The second-order valence-corrected chi connectivity index (χ2v) is 12.1. The number of piperazine rings is 1. The normalized spacial score (nSPS) is 15.5. The third-order valence-electron chi connectivity index (χ3n) is 7.56. The zero-order valence-electron chi connectivity index (χ0n) is 26.3. The average Bonchev–Trinajstić information content (AvgIpc) is 3.07. The number of nitrogens with one attached hydrogen (secondary N) is 1. The van der Waals surface area contributed by atoms with Gasteiger partial charge in [0.2, 0.25) is 5.95 Å². The molecule has 240 valence electrons. The number of nitrogens with zero attached hydrogens (tertiary/aromatic N) is 7. The lowest BCUT2D eigenvalue weighted by atomic mass is 10.2. The summed E-state index contributed by atoms with van der Waals surface area (Å²) in [6, 6.07) is 14.6. The van der Waals surface area contributed by atoms with Crippen LogP contribution in [0, 0.1) is 0 Å². The number of rotatable bonds is 7. The van der Waals surface area contributed by atoms with Gasteiger partial charge < -0.3 is 34.2 Å². The molecule has 2 fully saturated rings. The Kier molecular flexibility index (Phi) is 9.11. The first-order valence-electron chi connectivity index (χ1n) is 15.4. The summed E-state index contributed by atoms with van der Waals surface area (Å²) in [6.45, 7) is 10.7. The largest absolute Gasteiger partial charge is 0.456 e. The van der Waals surface area contributed by atoms with E-state index in [1.54, 1.807) is 41.6 Å². The topological polar surface area (TPSA) is 135 Å². The van der Waals surface area contributed by atoms with E-state index in [9.17, 15) is 9.59 Å². The van der Waals surface area contributed by atoms with Gasteiger partial charge in [0.25, 0.3) is 0 Å². The summed E-state index contributed by atoms with van der Waals surface area (Å²) in [5, 5.41) is 3.99. The van der Waals surface area contributed by atoms with Crippen molar-refractivity contribution < 1.29 is 23.8 Å². The minimum Gasteiger partial charge on any atom is -0.456 e. The second-order valence-electron chi connectivity index (χ2n) is 12.1. The zero-order valence-corrected chi connectivity index (χ0v) is 26.3. The quantitative estimate of drug-likeness (QED) is 0.291. The molecule has 13 heteroatoms. The van der Waals surface area contributed by atoms with Crippen molar-refractivity contribution in [1.82, 2.24) is 24.8 Å². The van der Waals surface area contributed by atoms with Crippen molar-refractivity contribution >= 4 is 46.2 Å². The number of aromatic nitrogens is 4. The molecule has 0 spiro atoms. The van der Waals surface area contributed by atoms with Crippen LogP contribution in [0.3, 0.4) is 0 Å². The van der Waals surface area contributed by atoms with Crippen molar-refractivity contribution in [3.63, 3.8) is 0 Å². The Balaban J connectivity index is 1.14. The van der Waals surface area contributed by atoms with Gasteiger partial charge in [-0.1, -0.05) is 18.2 Å². The fourth-order valence-electron chi connectivity index (χ4n) is 5.24. The molecule has 6 rings (SSSR count). The van der Waals surface area contributed by atoms with Crippen molar-refractivity contribution in [2.45, 2.75) is 33.0 Å². The van der Waals surface area contributed by atoms with Gasteiger partial charge in [-0.3, -0.25) is 0 Å². The highest BCUT2D eigenvalue weighted by Crippen LogP contribution is 2.27. The van der Waals surface area contributed by atoms with Crippen LogP contribution in [0.15, 0.2) is 60.9 Å².